The zero-order valence-corrected chi connectivity index (χ0v) is 6.45. The molecule has 1 aliphatic heterocycles. The molecule has 0 bridgehead atoms. The second kappa shape index (κ2) is 2.19. The van der Waals surface area contributed by atoms with Crippen LogP contribution in [0.5, 0.6) is 0 Å². The summed E-state index contributed by atoms with van der Waals surface area (Å²) in [6, 6.07) is 0. The van der Waals surface area contributed by atoms with E-state index in [0.29, 0.717) is 0 Å². The van der Waals surface area contributed by atoms with Crippen LogP contribution in [-0.2, 0) is 9.84 Å². The first-order valence-corrected chi connectivity index (χ1v) is 4.98. The lowest BCUT2D eigenvalue weighted by Crippen LogP contribution is -2.32. The summed E-state index contributed by atoms with van der Waals surface area (Å²) in [4.78, 5) is 0. The average molecular weight is 165 g/mol. The first-order chi connectivity index (χ1) is 4.41. The molecule has 1 rings (SSSR count). The minimum Gasteiger partial charge on any atom is -0.244 e. The molecule has 0 spiro atoms. The van der Waals surface area contributed by atoms with Gasteiger partial charge in [-0.2, -0.15) is 0 Å². The predicted molar refractivity (Wildman–Crippen MR) is 37.1 cm³/mol. The number of hydrogen-bond acceptors (Lipinski definition) is 2. The van der Waals surface area contributed by atoms with Gasteiger partial charge in [-0.05, 0) is 19.8 Å². The van der Waals surface area contributed by atoms with Gasteiger partial charge < -0.3 is 0 Å². The number of sulfone groups is 1. The van der Waals surface area contributed by atoms with E-state index in [4.69, 9.17) is 0 Å². The maximum atomic E-state index is 12.8. The van der Waals surface area contributed by atoms with Crippen LogP contribution in [0.4, 0.5) is 4.39 Å². The average Bonchev–Trinajstić information content (AvgIpc) is 1.79. The van der Waals surface area contributed by atoms with E-state index in [0.717, 1.165) is 0 Å². The normalized spacial score (nSPS) is 29.8. The van der Waals surface area contributed by atoms with Crippen molar-refractivity contribution in [2.75, 3.05) is 11.5 Å². The van der Waals surface area contributed by atoms with Crippen LogP contribution in [-0.4, -0.2) is 25.6 Å². The second-order valence-corrected chi connectivity index (χ2v) is 5.11. The lowest BCUT2D eigenvalue weighted by Gasteiger charge is -2.24. The SMILES string of the molecule is [CH2]C1(F)CCS(=O)(=O)CC1. The molecule has 0 N–H and O–H groups in total. The van der Waals surface area contributed by atoms with E-state index in [1.807, 2.05) is 0 Å². The van der Waals surface area contributed by atoms with Crippen molar-refractivity contribution in [1.29, 1.82) is 0 Å². The minimum atomic E-state index is -2.93. The first-order valence-electron chi connectivity index (χ1n) is 3.16. The third-order valence-electron chi connectivity index (χ3n) is 1.72. The molecule has 10 heavy (non-hydrogen) atoms. The highest BCUT2D eigenvalue weighted by atomic mass is 32.2. The lowest BCUT2D eigenvalue weighted by atomic mass is 10.0. The molecule has 2 nitrogen and oxygen atoms in total. The Morgan fingerprint density at radius 2 is 1.70 bits per heavy atom. The molecule has 1 saturated heterocycles. The van der Waals surface area contributed by atoms with Gasteiger partial charge in [0.1, 0.15) is 5.67 Å². The van der Waals surface area contributed by atoms with Crippen LogP contribution in [0.1, 0.15) is 12.8 Å². The van der Waals surface area contributed by atoms with E-state index in [1.165, 1.54) is 0 Å². The number of rotatable bonds is 0. The van der Waals surface area contributed by atoms with Crippen molar-refractivity contribution < 1.29 is 12.8 Å². The molecule has 0 atom stereocenters. The summed E-state index contributed by atoms with van der Waals surface area (Å²) in [6.07, 6.45) is 0.102. The largest absolute Gasteiger partial charge is 0.244 e. The van der Waals surface area contributed by atoms with Gasteiger partial charge in [-0.3, -0.25) is 0 Å². The molecule has 0 aliphatic carbocycles. The number of alkyl halides is 1. The summed E-state index contributed by atoms with van der Waals surface area (Å²) >= 11 is 0. The Bertz CT molecular complexity index is 202. The Balaban J connectivity index is 2.63. The molecule has 1 radical (unpaired) electrons. The highest BCUT2D eigenvalue weighted by molar-refractivity contribution is 7.91. The van der Waals surface area contributed by atoms with Crippen molar-refractivity contribution in [3.63, 3.8) is 0 Å². The standard InChI is InChI=1S/C6H10FO2S/c1-6(7)2-4-10(8,9)5-3-6/h1-5H2. The topological polar surface area (TPSA) is 34.1 Å². The van der Waals surface area contributed by atoms with Crippen molar-refractivity contribution in [1.82, 2.24) is 0 Å². The van der Waals surface area contributed by atoms with Gasteiger partial charge in [0.05, 0.1) is 11.5 Å². The first kappa shape index (κ1) is 7.98. The third-order valence-corrected chi connectivity index (χ3v) is 3.37. The molecule has 1 aliphatic rings. The molecule has 0 unspecified atom stereocenters. The van der Waals surface area contributed by atoms with Crippen LogP contribution in [0, 0.1) is 6.92 Å². The molecule has 1 heterocycles. The molecule has 0 saturated carbocycles. The van der Waals surface area contributed by atoms with Gasteiger partial charge >= 0.3 is 0 Å². The Labute approximate surface area is 60.3 Å². The van der Waals surface area contributed by atoms with Crippen LogP contribution in [0.15, 0.2) is 0 Å². The third kappa shape index (κ3) is 1.94. The molecular weight excluding hydrogens is 155 g/mol. The molecule has 0 aromatic heterocycles. The highest BCUT2D eigenvalue weighted by Gasteiger charge is 2.32. The summed E-state index contributed by atoms with van der Waals surface area (Å²) in [7, 11) is -2.93. The summed E-state index contributed by atoms with van der Waals surface area (Å²) in [6.45, 7) is 3.26. The van der Waals surface area contributed by atoms with Crippen molar-refractivity contribution in [3.8, 4) is 0 Å². The van der Waals surface area contributed by atoms with Gasteiger partial charge in [0, 0.05) is 0 Å². The quantitative estimate of drug-likeness (QED) is 0.530. The zero-order chi connectivity index (χ0) is 7.83. The van der Waals surface area contributed by atoms with Gasteiger partial charge in [-0.25, -0.2) is 12.8 Å². The molecule has 0 amide bonds. The molecule has 1 fully saturated rings. The van der Waals surface area contributed by atoms with Gasteiger partial charge in [0.15, 0.2) is 9.84 Å². The van der Waals surface area contributed by atoms with Gasteiger partial charge in [0.25, 0.3) is 0 Å². The molecule has 0 aromatic rings. The second-order valence-electron chi connectivity index (χ2n) is 2.80. The maximum Gasteiger partial charge on any atom is 0.150 e. The summed E-state index contributed by atoms with van der Waals surface area (Å²) in [5, 5.41) is 0. The summed E-state index contributed by atoms with van der Waals surface area (Å²) < 4.78 is 34.3. The fourth-order valence-electron chi connectivity index (χ4n) is 0.904. The minimum absolute atomic E-state index is 0.0486. The van der Waals surface area contributed by atoms with E-state index < -0.39 is 15.5 Å². The van der Waals surface area contributed by atoms with Gasteiger partial charge in [-0.15, -0.1) is 0 Å². The van der Waals surface area contributed by atoms with Crippen LogP contribution >= 0.6 is 0 Å². The van der Waals surface area contributed by atoms with E-state index in [-0.39, 0.29) is 24.3 Å². The van der Waals surface area contributed by atoms with Gasteiger partial charge in [-0.1, -0.05) is 0 Å². The van der Waals surface area contributed by atoms with Crippen LogP contribution in [0.25, 0.3) is 0 Å². The predicted octanol–water partition coefficient (Wildman–Crippen LogP) is 0.737. The summed E-state index contributed by atoms with van der Waals surface area (Å²) in [5.74, 6) is -0.0972. The van der Waals surface area contributed by atoms with Crippen molar-refractivity contribution in [2.24, 2.45) is 0 Å². The Hall–Kier alpha value is -0.120. The summed E-state index contributed by atoms with van der Waals surface area (Å²) in [5.41, 5.74) is -1.49. The zero-order valence-electron chi connectivity index (χ0n) is 5.64. The van der Waals surface area contributed by atoms with E-state index >= 15 is 0 Å². The molecule has 59 valence electrons. The Kier molecular flexibility index (Phi) is 1.75. The monoisotopic (exact) mass is 165 g/mol. The Morgan fingerprint density at radius 1 is 1.30 bits per heavy atom. The molecule has 4 heteroatoms. The maximum absolute atomic E-state index is 12.8. The number of halogens is 1. The Morgan fingerprint density at radius 3 is 2.00 bits per heavy atom. The lowest BCUT2D eigenvalue weighted by molar-refractivity contribution is 0.207. The van der Waals surface area contributed by atoms with Crippen LogP contribution in [0.3, 0.4) is 0 Å². The van der Waals surface area contributed by atoms with Crippen LogP contribution in [0.2, 0.25) is 0 Å². The smallest absolute Gasteiger partial charge is 0.150 e. The van der Waals surface area contributed by atoms with E-state index in [1.54, 1.807) is 0 Å². The van der Waals surface area contributed by atoms with E-state index in [9.17, 15) is 12.8 Å². The van der Waals surface area contributed by atoms with Crippen molar-refractivity contribution in [2.45, 2.75) is 18.5 Å². The fraction of sp³-hybridized carbons (Fsp3) is 0.833. The van der Waals surface area contributed by atoms with E-state index in [2.05, 4.69) is 6.92 Å². The van der Waals surface area contributed by atoms with Crippen LogP contribution < -0.4 is 0 Å². The van der Waals surface area contributed by atoms with Gasteiger partial charge in [0.2, 0.25) is 0 Å². The molecule has 0 aromatic carbocycles. The number of hydrogen-bond donors (Lipinski definition) is 0. The molecular formula is C6H10FO2S. The van der Waals surface area contributed by atoms with Crippen molar-refractivity contribution >= 4 is 9.84 Å². The fourth-order valence-corrected chi connectivity index (χ4v) is 2.46. The van der Waals surface area contributed by atoms with Crippen molar-refractivity contribution in [3.05, 3.63) is 6.92 Å². The highest BCUT2D eigenvalue weighted by Crippen LogP contribution is 2.25.